The molecule has 2 fully saturated rings. The maximum atomic E-state index is 5.63. The third kappa shape index (κ3) is 3.05. The van der Waals surface area contributed by atoms with Crippen LogP contribution in [-0.4, -0.2) is 22.7 Å². The van der Waals surface area contributed by atoms with Crippen molar-refractivity contribution in [3.63, 3.8) is 0 Å². The van der Waals surface area contributed by atoms with Crippen LogP contribution in [0, 0.1) is 0 Å². The number of nitrogens with one attached hydrogen (secondary N) is 1. The minimum atomic E-state index is 0.429. The Balaban J connectivity index is 1.69. The van der Waals surface area contributed by atoms with Gasteiger partial charge in [0, 0.05) is 12.0 Å². The Morgan fingerprint density at radius 3 is 2.65 bits per heavy atom. The van der Waals surface area contributed by atoms with Crippen molar-refractivity contribution < 1.29 is 4.52 Å². The monoisotopic (exact) mass is 277 g/mol. The summed E-state index contributed by atoms with van der Waals surface area (Å²) in [4.78, 5) is 4.76. The van der Waals surface area contributed by atoms with E-state index in [2.05, 4.69) is 17.4 Å². The van der Waals surface area contributed by atoms with Crippen LogP contribution in [0.1, 0.15) is 88.3 Å². The fourth-order valence-corrected chi connectivity index (χ4v) is 3.75. The SMILES string of the molecule is CCCNC1CCCCC1c1nc(C2CCCC2)no1. The van der Waals surface area contributed by atoms with E-state index >= 15 is 0 Å². The van der Waals surface area contributed by atoms with E-state index in [0.717, 1.165) is 18.3 Å². The molecular weight excluding hydrogens is 250 g/mol. The Hall–Kier alpha value is -0.900. The summed E-state index contributed by atoms with van der Waals surface area (Å²) in [6.45, 7) is 3.31. The zero-order valence-electron chi connectivity index (χ0n) is 12.6. The zero-order chi connectivity index (χ0) is 13.8. The minimum absolute atomic E-state index is 0.429. The van der Waals surface area contributed by atoms with Gasteiger partial charge in [-0.1, -0.05) is 37.8 Å². The van der Waals surface area contributed by atoms with Gasteiger partial charge in [0.25, 0.3) is 0 Å². The molecule has 2 unspecified atom stereocenters. The van der Waals surface area contributed by atoms with Crippen molar-refractivity contribution in [2.75, 3.05) is 6.54 Å². The molecule has 0 radical (unpaired) electrons. The van der Waals surface area contributed by atoms with Crippen molar-refractivity contribution in [3.05, 3.63) is 11.7 Å². The van der Waals surface area contributed by atoms with Crippen LogP contribution in [0.15, 0.2) is 4.52 Å². The molecule has 1 aromatic rings. The highest BCUT2D eigenvalue weighted by Crippen LogP contribution is 2.36. The summed E-state index contributed by atoms with van der Waals surface area (Å²) in [5, 5.41) is 7.95. The zero-order valence-corrected chi connectivity index (χ0v) is 12.6. The summed E-state index contributed by atoms with van der Waals surface area (Å²) < 4.78 is 5.63. The second-order valence-corrected chi connectivity index (χ2v) is 6.42. The van der Waals surface area contributed by atoms with Gasteiger partial charge in [-0.2, -0.15) is 4.98 Å². The van der Waals surface area contributed by atoms with E-state index < -0.39 is 0 Å². The lowest BCUT2D eigenvalue weighted by Gasteiger charge is -2.29. The molecule has 20 heavy (non-hydrogen) atoms. The lowest BCUT2D eigenvalue weighted by Crippen LogP contribution is -2.37. The van der Waals surface area contributed by atoms with Gasteiger partial charge in [0.05, 0.1) is 5.92 Å². The third-order valence-electron chi connectivity index (χ3n) is 4.92. The van der Waals surface area contributed by atoms with Crippen molar-refractivity contribution >= 4 is 0 Å². The molecule has 0 amide bonds. The van der Waals surface area contributed by atoms with Crippen LogP contribution in [-0.2, 0) is 0 Å². The van der Waals surface area contributed by atoms with Crippen LogP contribution in [0.2, 0.25) is 0 Å². The van der Waals surface area contributed by atoms with Crippen LogP contribution in [0.3, 0.4) is 0 Å². The number of aromatic nitrogens is 2. The molecule has 3 rings (SSSR count). The van der Waals surface area contributed by atoms with Gasteiger partial charge in [-0.15, -0.1) is 0 Å². The first kappa shape index (κ1) is 14.1. The van der Waals surface area contributed by atoms with Gasteiger partial charge in [-0.05, 0) is 38.6 Å². The van der Waals surface area contributed by atoms with Crippen molar-refractivity contribution in [2.45, 2.75) is 82.6 Å². The van der Waals surface area contributed by atoms with E-state index in [9.17, 15) is 0 Å². The molecule has 1 heterocycles. The second-order valence-electron chi connectivity index (χ2n) is 6.42. The number of hydrogen-bond donors (Lipinski definition) is 1. The quantitative estimate of drug-likeness (QED) is 0.890. The molecule has 112 valence electrons. The van der Waals surface area contributed by atoms with Crippen LogP contribution < -0.4 is 5.32 Å². The molecule has 2 atom stereocenters. The Morgan fingerprint density at radius 2 is 1.85 bits per heavy atom. The van der Waals surface area contributed by atoms with Gasteiger partial charge in [0.15, 0.2) is 5.82 Å². The van der Waals surface area contributed by atoms with Crippen LogP contribution >= 0.6 is 0 Å². The van der Waals surface area contributed by atoms with E-state index in [4.69, 9.17) is 9.51 Å². The molecule has 0 saturated heterocycles. The van der Waals surface area contributed by atoms with Gasteiger partial charge >= 0.3 is 0 Å². The van der Waals surface area contributed by atoms with Gasteiger partial charge in [0.2, 0.25) is 5.89 Å². The van der Waals surface area contributed by atoms with Crippen molar-refractivity contribution in [2.24, 2.45) is 0 Å². The van der Waals surface area contributed by atoms with E-state index in [0.29, 0.717) is 17.9 Å². The highest BCUT2D eigenvalue weighted by atomic mass is 16.5. The van der Waals surface area contributed by atoms with Gasteiger partial charge < -0.3 is 9.84 Å². The Bertz CT molecular complexity index is 412. The molecule has 0 bridgehead atoms. The molecular formula is C16H27N3O. The Kier molecular flexibility index (Phi) is 4.71. The van der Waals surface area contributed by atoms with E-state index in [1.807, 2.05) is 0 Å². The van der Waals surface area contributed by atoms with Gasteiger partial charge in [0.1, 0.15) is 0 Å². The van der Waals surface area contributed by atoms with Gasteiger partial charge in [-0.3, -0.25) is 0 Å². The normalized spacial score (nSPS) is 28.1. The first-order chi connectivity index (χ1) is 9.88. The predicted molar refractivity (Wildman–Crippen MR) is 78.8 cm³/mol. The maximum Gasteiger partial charge on any atom is 0.231 e. The molecule has 0 spiro atoms. The summed E-state index contributed by atoms with van der Waals surface area (Å²) in [5.74, 6) is 2.84. The van der Waals surface area contributed by atoms with Crippen molar-refractivity contribution in [3.8, 4) is 0 Å². The standard InChI is InChI=1S/C16H27N3O/c1-2-11-17-14-10-6-5-9-13(14)16-18-15(19-20-16)12-7-3-4-8-12/h12-14,17H,2-11H2,1H3. The van der Waals surface area contributed by atoms with Crippen LogP contribution in [0.4, 0.5) is 0 Å². The smallest absolute Gasteiger partial charge is 0.231 e. The fourth-order valence-electron chi connectivity index (χ4n) is 3.75. The van der Waals surface area contributed by atoms with E-state index in [1.54, 1.807) is 0 Å². The number of hydrogen-bond acceptors (Lipinski definition) is 4. The molecule has 0 aromatic carbocycles. The van der Waals surface area contributed by atoms with Crippen LogP contribution in [0.25, 0.3) is 0 Å². The average Bonchev–Trinajstić information content (AvgIpc) is 3.15. The molecule has 0 aliphatic heterocycles. The summed E-state index contributed by atoms with van der Waals surface area (Å²) in [5.41, 5.74) is 0. The average molecular weight is 277 g/mol. The minimum Gasteiger partial charge on any atom is -0.339 e. The highest BCUT2D eigenvalue weighted by Gasteiger charge is 2.31. The number of nitrogens with zero attached hydrogens (tertiary/aromatic N) is 2. The molecule has 1 aromatic heterocycles. The summed E-state index contributed by atoms with van der Waals surface area (Å²) in [6, 6.07) is 0.528. The predicted octanol–water partition coefficient (Wildman–Crippen LogP) is 3.75. The lowest BCUT2D eigenvalue weighted by molar-refractivity contribution is 0.262. The third-order valence-corrected chi connectivity index (χ3v) is 4.92. The molecule has 1 N–H and O–H groups in total. The van der Waals surface area contributed by atoms with E-state index in [-0.39, 0.29) is 0 Å². The number of rotatable bonds is 5. The molecule has 2 aliphatic carbocycles. The topological polar surface area (TPSA) is 51.0 Å². The first-order valence-electron chi connectivity index (χ1n) is 8.45. The molecule has 4 nitrogen and oxygen atoms in total. The lowest BCUT2D eigenvalue weighted by atomic mass is 9.84. The maximum absolute atomic E-state index is 5.63. The second kappa shape index (κ2) is 6.70. The first-order valence-corrected chi connectivity index (χ1v) is 8.45. The molecule has 2 saturated carbocycles. The summed E-state index contributed by atoms with van der Waals surface area (Å²) in [6.07, 6.45) is 11.3. The largest absolute Gasteiger partial charge is 0.339 e. The summed E-state index contributed by atoms with van der Waals surface area (Å²) in [7, 11) is 0. The fraction of sp³-hybridized carbons (Fsp3) is 0.875. The summed E-state index contributed by atoms with van der Waals surface area (Å²) >= 11 is 0. The molecule has 2 aliphatic rings. The van der Waals surface area contributed by atoms with Crippen molar-refractivity contribution in [1.82, 2.24) is 15.5 Å². The highest BCUT2D eigenvalue weighted by molar-refractivity contribution is 5.04. The van der Waals surface area contributed by atoms with Gasteiger partial charge in [-0.25, -0.2) is 0 Å². The van der Waals surface area contributed by atoms with Crippen LogP contribution in [0.5, 0.6) is 0 Å². The van der Waals surface area contributed by atoms with E-state index in [1.165, 1.54) is 57.8 Å². The van der Waals surface area contributed by atoms with Crippen molar-refractivity contribution in [1.29, 1.82) is 0 Å². The molecule has 4 heteroatoms. The Morgan fingerprint density at radius 1 is 1.10 bits per heavy atom. The Labute approximate surface area is 121 Å².